The molecule has 2 aromatic rings. The number of carbonyl (C=O) groups excluding carboxylic acids is 1. The standard InChI is InChI=1S/C10H8N2O/c1-7-2-3-9-8(4-7)5-11-10(6-13)12-9/h2-6H,1H3. The van der Waals surface area contributed by atoms with Crippen molar-refractivity contribution in [3.8, 4) is 0 Å². The van der Waals surface area contributed by atoms with Crippen molar-refractivity contribution in [2.24, 2.45) is 0 Å². The van der Waals surface area contributed by atoms with Gasteiger partial charge in [-0.25, -0.2) is 9.97 Å². The zero-order chi connectivity index (χ0) is 9.26. The van der Waals surface area contributed by atoms with E-state index in [1.54, 1.807) is 6.20 Å². The van der Waals surface area contributed by atoms with Crippen LogP contribution >= 0.6 is 0 Å². The quantitative estimate of drug-likeness (QED) is 0.615. The fourth-order valence-corrected chi connectivity index (χ4v) is 1.22. The number of hydrogen-bond donors (Lipinski definition) is 0. The van der Waals surface area contributed by atoms with Crippen LogP contribution in [-0.2, 0) is 0 Å². The molecule has 2 rings (SSSR count). The molecular weight excluding hydrogens is 164 g/mol. The Balaban J connectivity index is 2.73. The lowest BCUT2D eigenvalue weighted by molar-refractivity contribution is 0.111. The first-order chi connectivity index (χ1) is 6.29. The fourth-order valence-electron chi connectivity index (χ4n) is 1.22. The van der Waals surface area contributed by atoms with Crippen molar-refractivity contribution in [3.05, 3.63) is 35.8 Å². The van der Waals surface area contributed by atoms with Crippen LogP contribution < -0.4 is 0 Å². The summed E-state index contributed by atoms with van der Waals surface area (Å²) >= 11 is 0. The van der Waals surface area contributed by atoms with Crippen LogP contribution in [0.25, 0.3) is 10.9 Å². The third-order valence-corrected chi connectivity index (χ3v) is 1.86. The molecule has 0 aliphatic carbocycles. The van der Waals surface area contributed by atoms with Crippen molar-refractivity contribution >= 4 is 17.2 Å². The van der Waals surface area contributed by atoms with E-state index in [-0.39, 0.29) is 5.82 Å². The van der Waals surface area contributed by atoms with Crippen LogP contribution in [0.2, 0.25) is 0 Å². The summed E-state index contributed by atoms with van der Waals surface area (Å²) in [6.07, 6.45) is 2.32. The number of rotatable bonds is 1. The van der Waals surface area contributed by atoms with Gasteiger partial charge in [0.2, 0.25) is 0 Å². The van der Waals surface area contributed by atoms with Gasteiger partial charge < -0.3 is 0 Å². The molecule has 0 saturated heterocycles. The Morgan fingerprint density at radius 1 is 1.38 bits per heavy atom. The third-order valence-electron chi connectivity index (χ3n) is 1.86. The number of aryl methyl sites for hydroxylation is 1. The fraction of sp³-hybridized carbons (Fsp3) is 0.100. The van der Waals surface area contributed by atoms with E-state index in [0.29, 0.717) is 6.29 Å². The molecule has 0 amide bonds. The first-order valence-electron chi connectivity index (χ1n) is 3.98. The van der Waals surface area contributed by atoms with Crippen molar-refractivity contribution in [2.45, 2.75) is 6.92 Å². The largest absolute Gasteiger partial charge is 0.294 e. The summed E-state index contributed by atoms with van der Waals surface area (Å²) in [5.74, 6) is 0.233. The van der Waals surface area contributed by atoms with Crippen molar-refractivity contribution in [3.63, 3.8) is 0 Å². The maximum absolute atomic E-state index is 10.4. The summed E-state index contributed by atoms with van der Waals surface area (Å²) in [6, 6.07) is 5.84. The van der Waals surface area contributed by atoms with E-state index in [0.717, 1.165) is 16.5 Å². The summed E-state index contributed by atoms with van der Waals surface area (Å²) in [5.41, 5.74) is 1.97. The highest BCUT2D eigenvalue weighted by Crippen LogP contribution is 2.11. The summed E-state index contributed by atoms with van der Waals surface area (Å²) in [7, 11) is 0. The monoisotopic (exact) mass is 172 g/mol. The predicted octanol–water partition coefficient (Wildman–Crippen LogP) is 1.75. The summed E-state index contributed by atoms with van der Waals surface area (Å²) in [5, 5.41) is 0.964. The Labute approximate surface area is 75.4 Å². The van der Waals surface area contributed by atoms with E-state index < -0.39 is 0 Å². The van der Waals surface area contributed by atoms with E-state index in [2.05, 4.69) is 9.97 Å². The second-order valence-corrected chi connectivity index (χ2v) is 2.91. The van der Waals surface area contributed by atoms with Crippen LogP contribution in [0, 0.1) is 6.92 Å². The highest BCUT2D eigenvalue weighted by atomic mass is 16.1. The van der Waals surface area contributed by atoms with Crippen molar-refractivity contribution in [1.29, 1.82) is 0 Å². The van der Waals surface area contributed by atoms with Gasteiger partial charge in [0.15, 0.2) is 12.1 Å². The lowest BCUT2D eigenvalue weighted by Crippen LogP contribution is -1.92. The Kier molecular flexibility index (Phi) is 1.77. The summed E-state index contributed by atoms with van der Waals surface area (Å²) in [4.78, 5) is 18.3. The molecule has 1 aromatic heterocycles. The SMILES string of the molecule is Cc1ccc2nc(C=O)ncc2c1. The van der Waals surface area contributed by atoms with Gasteiger partial charge in [-0.2, -0.15) is 0 Å². The molecule has 0 aliphatic rings. The smallest absolute Gasteiger partial charge is 0.193 e. The molecule has 0 aliphatic heterocycles. The Hall–Kier alpha value is -1.77. The first kappa shape index (κ1) is 7.86. The first-order valence-corrected chi connectivity index (χ1v) is 3.98. The van der Waals surface area contributed by atoms with Crippen LogP contribution in [0.15, 0.2) is 24.4 Å². The van der Waals surface area contributed by atoms with Crippen molar-refractivity contribution < 1.29 is 4.79 Å². The number of benzene rings is 1. The van der Waals surface area contributed by atoms with Crippen LogP contribution in [0.4, 0.5) is 0 Å². The molecule has 0 unspecified atom stereocenters. The van der Waals surface area contributed by atoms with Gasteiger partial charge in [-0.05, 0) is 19.1 Å². The predicted molar refractivity (Wildman–Crippen MR) is 49.7 cm³/mol. The minimum absolute atomic E-state index is 0.233. The van der Waals surface area contributed by atoms with Gasteiger partial charge in [-0.15, -0.1) is 0 Å². The molecule has 0 fully saturated rings. The number of carbonyl (C=O) groups is 1. The third kappa shape index (κ3) is 1.40. The molecule has 0 spiro atoms. The van der Waals surface area contributed by atoms with Crippen molar-refractivity contribution in [2.75, 3.05) is 0 Å². The van der Waals surface area contributed by atoms with Crippen LogP contribution in [-0.4, -0.2) is 16.3 Å². The zero-order valence-corrected chi connectivity index (χ0v) is 7.19. The Morgan fingerprint density at radius 3 is 3.00 bits per heavy atom. The van der Waals surface area contributed by atoms with Gasteiger partial charge in [0.25, 0.3) is 0 Å². The van der Waals surface area contributed by atoms with E-state index in [1.165, 1.54) is 0 Å². The lowest BCUT2D eigenvalue weighted by Gasteiger charge is -1.97. The van der Waals surface area contributed by atoms with Gasteiger partial charge in [-0.3, -0.25) is 4.79 Å². The average molecular weight is 172 g/mol. The molecule has 0 radical (unpaired) electrons. The highest BCUT2D eigenvalue weighted by Gasteiger charge is 1.97. The second-order valence-electron chi connectivity index (χ2n) is 2.91. The molecule has 0 atom stereocenters. The van der Waals surface area contributed by atoms with Crippen LogP contribution in [0.3, 0.4) is 0 Å². The summed E-state index contributed by atoms with van der Waals surface area (Å²) < 4.78 is 0. The maximum atomic E-state index is 10.4. The Morgan fingerprint density at radius 2 is 2.23 bits per heavy atom. The molecule has 0 saturated carbocycles. The zero-order valence-electron chi connectivity index (χ0n) is 7.19. The maximum Gasteiger partial charge on any atom is 0.193 e. The van der Waals surface area contributed by atoms with E-state index in [1.807, 2.05) is 25.1 Å². The molecule has 0 bridgehead atoms. The van der Waals surface area contributed by atoms with Crippen molar-refractivity contribution in [1.82, 2.24) is 9.97 Å². The minimum Gasteiger partial charge on any atom is -0.294 e. The van der Waals surface area contributed by atoms with E-state index >= 15 is 0 Å². The van der Waals surface area contributed by atoms with Crippen LogP contribution in [0.5, 0.6) is 0 Å². The Bertz CT molecular complexity index is 465. The topological polar surface area (TPSA) is 42.9 Å². The van der Waals surface area contributed by atoms with Gasteiger partial charge >= 0.3 is 0 Å². The minimum atomic E-state index is 0.233. The molecule has 1 aromatic carbocycles. The molecule has 3 nitrogen and oxygen atoms in total. The number of aromatic nitrogens is 2. The van der Waals surface area contributed by atoms with Gasteiger partial charge in [-0.1, -0.05) is 11.6 Å². The lowest BCUT2D eigenvalue weighted by atomic mass is 10.2. The highest BCUT2D eigenvalue weighted by molar-refractivity contribution is 5.81. The molecule has 0 N–H and O–H groups in total. The number of nitrogens with zero attached hydrogens (tertiary/aromatic N) is 2. The van der Waals surface area contributed by atoms with Gasteiger partial charge in [0.1, 0.15) is 0 Å². The molecular formula is C10H8N2O. The van der Waals surface area contributed by atoms with Crippen LogP contribution in [0.1, 0.15) is 16.2 Å². The number of hydrogen-bond acceptors (Lipinski definition) is 3. The summed E-state index contributed by atoms with van der Waals surface area (Å²) in [6.45, 7) is 2.01. The average Bonchev–Trinajstić information content (AvgIpc) is 2.17. The molecule has 64 valence electrons. The number of aldehydes is 1. The molecule has 13 heavy (non-hydrogen) atoms. The number of fused-ring (bicyclic) bond motifs is 1. The second kappa shape index (κ2) is 2.94. The normalized spacial score (nSPS) is 10.2. The van der Waals surface area contributed by atoms with Gasteiger partial charge in [0, 0.05) is 11.6 Å². The van der Waals surface area contributed by atoms with E-state index in [4.69, 9.17) is 0 Å². The molecule has 1 heterocycles. The van der Waals surface area contributed by atoms with Gasteiger partial charge in [0.05, 0.1) is 5.52 Å². The molecule has 3 heteroatoms. The van der Waals surface area contributed by atoms with E-state index in [9.17, 15) is 4.79 Å².